The average Bonchev–Trinajstić information content (AvgIpc) is 2.84. The third-order valence-electron chi connectivity index (χ3n) is 5.22. The first-order valence-corrected chi connectivity index (χ1v) is 10.7. The fraction of sp³-hybridized carbons (Fsp3) is 0.192. The first-order valence-electron chi connectivity index (χ1n) is 10.7. The van der Waals surface area contributed by atoms with Crippen LogP contribution in [-0.2, 0) is 9.59 Å². The molecule has 0 heterocycles. The lowest BCUT2D eigenvalue weighted by molar-refractivity contribution is -0.116. The number of anilines is 4. The molecule has 7 nitrogen and oxygen atoms in total. The van der Waals surface area contributed by atoms with Gasteiger partial charge in [-0.15, -0.1) is 0 Å². The molecule has 7 heteroatoms. The van der Waals surface area contributed by atoms with Gasteiger partial charge in [-0.25, -0.2) is 0 Å². The van der Waals surface area contributed by atoms with Crippen LogP contribution in [0.1, 0.15) is 24.2 Å². The molecule has 0 aliphatic heterocycles. The minimum absolute atomic E-state index is 0.0507. The summed E-state index contributed by atoms with van der Waals surface area (Å²) >= 11 is 0. The monoisotopic (exact) mass is 444 g/mol. The van der Waals surface area contributed by atoms with Gasteiger partial charge in [0.15, 0.2) is 0 Å². The van der Waals surface area contributed by atoms with Crippen molar-refractivity contribution in [2.24, 2.45) is 0 Å². The van der Waals surface area contributed by atoms with Crippen LogP contribution in [0.25, 0.3) is 0 Å². The van der Waals surface area contributed by atoms with Crippen molar-refractivity contribution in [3.8, 4) is 0 Å². The minimum atomic E-state index is -0.210. The molecule has 0 fully saturated rings. The number of hydrogen-bond donors (Lipinski definition) is 2. The van der Waals surface area contributed by atoms with Crippen LogP contribution in [0, 0.1) is 0 Å². The van der Waals surface area contributed by atoms with Crippen molar-refractivity contribution in [1.29, 1.82) is 0 Å². The van der Waals surface area contributed by atoms with Crippen LogP contribution in [-0.4, -0.2) is 37.9 Å². The Hall–Kier alpha value is -4.13. The lowest BCUT2D eigenvalue weighted by atomic mass is 10.1. The summed E-state index contributed by atoms with van der Waals surface area (Å²) in [5, 5.41) is 5.87. The molecule has 0 saturated carbocycles. The van der Waals surface area contributed by atoms with Crippen LogP contribution in [0.3, 0.4) is 0 Å². The van der Waals surface area contributed by atoms with Gasteiger partial charge in [0.05, 0.1) is 6.54 Å². The molecule has 0 unspecified atom stereocenters. The van der Waals surface area contributed by atoms with Crippen LogP contribution in [0.15, 0.2) is 78.9 Å². The van der Waals surface area contributed by atoms with Crippen molar-refractivity contribution in [3.05, 3.63) is 84.4 Å². The number of para-hydroxylation sites is 1. The summed E-state index contributed by atoms with van der Waals surface area (Å²) in [6, 6.07) is 23.6. The van der Waals surface area contributed by atoms with Crippen LogP contribution in [0.5, 0.6) is 0 Å². The minimum Gasteiger partial charge on any atom is -0.376 e. The van der Waals surface area contributed by atoms with Gasteiger partial charge in [-0.3, -0.25) is 14.4 Å². The van der Waals surface area contributed by atoms with E-state index in [0.29, 0.717) is 17.8 Å². The maximum Gasteiger partial charge on any atom is 0.258 e. The number of nitrogens with zero attached hydrogens (tertiary/aromatic N) is 2. The Morgan fingerprint density at radius 3 is 1.97 bits per heavy atom. The van der Waals surface area contributed by atoms with Crippen molar-refractivity contribution < 1.29 is 14.4 Å². The van der Waals surface area contributed by atoms with Gasteiger partial charge in [0, 0.05) is 48.8 Å². The highest BCUT2D eigenvalue weighted by Crippen LogP contribution is 2.19. The Bertz CT molecular complexity index is 1100. The lowest BCUT2D eigenvalue weighted by Gasteiger charge is -2.21. The van der Waals surface area contributed by atoms with E-state index in [1.54, 1.807) is 41.1 Å². The van der Waals surface area contributed by atoms with Gasteiger partial charge in [0.2, 0.25) is 11.8 Å². The van der Waals surface area contributed by atoms with E-state index in [1.165, 1.54) is 6.92 Å². The van der Waals surface area contributed by atoms with Crippen molar-refractivity contribution in [2.75, 3.05) is 40.6 Å². The highest BCUT2D eigenvalue weighted by Gasteiger charge is 2.16. The maximum atomic E-state index is 12.9. The molecule has 3 amide bonds. The molecule has 0 aliphatic carbocycles. The summed E-state index contributed by atoms with van der Waals surface area (Å²) in [5.74, 6) is -0.356. The standard InChI is InChI=1S/C26H28N4O3/c1-4-30(24-8-6-5-7-9-24)26(33)20-10-12-22(13-11-20)28-25(32)18-27-21-14-16-23(17-15-21)29(3)19(2)31/h5-17,27H,4,18H2,1-3H3,(H,28,32). The van der Waals surface area contributed by atoms with Gasteiger partial charge < -0.3 is 20.4 Å². The van der Waals surface area contributed by atoms with E-state index in [1.807, 2.05) is 61.5 Å². The number of hydrogen-bond acceptors (Lipinski definition) is 4. The van der Waals surface area contributed by atoms with Crippen molar-refractivity contribution in [2.45, 2.75) is 13.8 Å². The first-order chi connectivity index (χ1) is 15.9. The fourth-order valence-corrected chi connectivity index (χ4v) is 3.28. The first kappa shape index (κ1) is 23.5. The number of amides is 3. The summed E-state index contributed by atoms with van der Waals surface area (Å²) in [7, 11) is 1.71. The van der Waals surface area contributed by atoms with Gasteiger partial charge in [-0.2, -0.15) is 0 Å². The lowest BCUT2D eigenvalue weighted by Crippen LogP contribution is -2.30. The second-order valence-electron chi connectivity index (χ2n) is 7.49. The van der Waals surface area contributed by atoms with Gasteiger partial charge in [0.25, 0.3) is 5.91 Å². The van der Waals surface area contributed by atoms with E-state index >= 15 is 0 Å². The molecular weight excluding hydrogens is 416 g/mol. The molecule has 0 radical (unpaired) electrons. The zero-order valence-corrected chi connectivity index (χ0v) is 19.0. The quantitative estimate of drug-likeness (QED) is 0.540. The second kappa shape index (κ2) is 10.9. The number of nitrogens with one attached hydrogen (secondary N) is 2. The van der Waals surface area contributed by atoms with Crippen molar-refractivity contribution in [1.82, 2.24) is 0 Å². The summed E-state index contributed by atoms with van der Waals surface area (Å²) in [5.41, 5.74) is 3.55. The predicted molar refractivity (Wildman–Crippen MR) is 133 cm³/mol. The molecule has 0 atom stereocenters. The zero-order valence-electron chi connectivity index (χ0n) is 19.0. The highest BCUT2D eigenvalue weighted by atomic mass is 16.2. The summed E-state index contributed by atoms with van der Waals surface area (Å²) in [4.78, 5) is 39.9. The van der Waals surface area contributed by atoms with E-state index in [0.717, 1.165) is 17.1 Å². The topological polar surface area (TPSA) is 81.8 Å². The molecule has 0 spiro atoms. The zero-order chi connectivity index (χ0) is 23.8. The number of benzene rings is 3. The van der Waals surface area contributed by atoms with Crippen LogP contribution in [0.4, 0.5) is 22.7 Å². The van der Waals surface area contributed by atoms with E-state index in [2.05, 4.69) is 10.6 Å². The Balaban J connectivity index is 1.54. The molecule has 3 aromatic rings. The summed E-state index contributed by atoms with van der Waals surface area (Å²) in [6.45, 7) is 4.07. The summed E-state index contributed by atoms with van der Waals surface area (Å²) in [6.07, 6.45) is 0. The molecule has 0 aromatic heterocycles. The number of rotatable bonds is 8. The van der Waals surface area contributed by atoms with E-state index in [4.69, 9.17) is 0 Å². The molecular formula is C26H28N4O3. The largest absolute Gasteiger partial charge is 0.376 e. The second-order valence-corrected chi connectivity index (χ2v) is 7.49. The molecule has 2 N–H and O–H groups in total. The highest BCUT2D eigenvalue weighted by molar-refractivity contribution is 6.06. The molecule has 0 saturated heterocycles. The maximum absolute atomic E-state index is 12.9. The number of carbonyl (C=O) groups excluding carboxylic acids is 3. The van der Waals surface area contributed by atoms with Gasteiger partial charge in [-0.05, 0) is 67.6 Å². The SMILES string of the molecule is CCN(C(=O)c1ccc(NC(=O)CNc2ccc(N(C)C(C)=O)cc2)cc1)c1ccccc1. The molecule has 33 heavy (non-hydrogen) atoms. The van der Waals surface area contributed by atoms with E-state index in [9.17, 15) is 14.4 Å². The molecule has 0 bridgehead atoms. The predicted octanol–water partition coefficient (Wildman–Crippen LogP) is 4.39. The summed E-state index contributed by atoms with van der Waals surface area (Å²) < 4.78 is 0. The van der Waals surface area contributed by atoms with Crippen LogP contribution >= 0.6 is 0 Å². The number of carbonyl (C=O) groups is 3. The Morgan fingerprint density at radius 1 is 0.788 bits per heavy atom. The van der Waals surface area contributed by atoms with Gasteiger partial charge in [-0.1, -0.05) is 18.2 Å². The van der Waals surface area contributed by atoms with Gasteiger partial charge in [0.1, 0.15) is 0 Å². The Morgan fingerprint density at radius 2 is 1.39 bits per heavy atom. The van der Waals surface area contributed by atoms with Crippen LogP contribution < -0.4 is 20.4 Å². The molecule has 3 aromatic carbocycles. The Labute approximate surface area is 194 Å². The fourth-order valence-electron chi connectivity index (χ4n) is 3.28. The van der Waals surface area contributed by atoms with Crippen molar-refractivity contribution >= 4 is 40.5 Å². The van der Waals surface area contributed by atoms with E-state index < -0.39 is 0 Å². The van der Waals surface area contributed by atoms with Crippen molar-refractivity contribution in [3.63, 3.8) is 0 Å². The van der Waals surface area contributed by atoms with E-state index in [-0.39, 0.29) is 24.3 Å². The van der Waals surface area contributed by atoms with Gasteiger partial charge >= 0.3 is 0 Å². The Kier molecular flexibility index (Phi) is 7.81. The average molecular weight is 445 g/mol. The third kappa shape index (κ3) is 6.20. The molecule has 0 aliphatic rings. The molecule has 170 valence electrons. The third-order valence-corrected chi connectivity index (χ3v) is 5.22. The molecule has 3 rings (SSSR count). The normalized spacial score (nSPS) is 10.3. The van der Waals surface area contributed by atoms with Crippen LogP contribution in [0.2, 0.25) is 0 Å². The smallest absolute Gasteiger partial charge is 0.258 e.